The molecule has 6 nitrogen and oxygen atoms in total. The van der Waals surface area contributed by atoms with Crippen LogP contribution in [0.5, 0.6) is 5.75 Å². The summed E-state index contributed by atoms with van der Waals surface area (Å²) in [6.45, 7) is 1.45. The molecule has 1 amide bonds. The van der Waals surface area contributed by atoms with Crippen molar-refractivity contribution in [2.24, 2.45) is 4.99 Å². The number of hydrogen-bond donors (Lipinski definition) is 2. The molecular formula is C18H18N4O2S. The minimum absolute atomic E-state index is 0.271. The van der Waals surface area contributed by atoms with Gasteiger partial charge in [0.15, 0.2) is 0 Å². The molecule has 1 aromatic heterocycles. The molecule has 0 radical (unpaired) electrons. The lowest BCUT2D eigenvalue weighted by Crippen LogP contribution is -2.17. The number of nitrogens with zero attached hydrogens (tertiary/aromatic N) is 2. The first-order chi connectivity index (χ1) is 12.2. The molecular weight excluding hydrogens is 336 g/mol. The van der Waals surface area contributed by atoms with E-state index in [4.69, 9.17) is 10.5 Å². The lowest BCUT2D eigenvalue weighted by atomic mass is 10.1. The third-order valence-electron chi connectivity index (χ3n) is 4.30. The summed E-state index contributed by atoms with van der Waals surface area (Å²) in [5, 5.41) is 3.15. The molecule has 0 saturated heterocycles. The smallest absolute Gasteiger partial charge is 0.274 e. The largest absolute Gasteiger partial charge is 0.492 e. The Morgan fingerprint density at radius 3 is 3.12 bits per heavy atom. The quantitative estimate of drug-likeness (QED) is 0.827. The van der Waals surface area contributed by atoms with Crippen LogP contribution in [0.3, 0.4) is 0 Å². The molecule has 2 aliphatic heterocycles. The SMILES string of the molecule is Nc1ccc(C2CN=CS2)cc1NC(=O)c1cc2c(cn1)OCCC2. The van der Waals surface area contributed by atoms with Gasteiger partial charge in [-0.1, -0.05) is 6.07 Å². The number of aryl methyl sites for hydroxylation is 1. The summed E-state index contributed by atoms with van der Waals surface area (Å²) >= 11 is 1.67. The molecule has 25 heavy (non-hydrogen) atoms. The van der Waals surface area contributed by atoms with Crippen LogP contribution >= 0.6 is 11.8 Å². The first-order valence-electron chi connectivity index (χ1n) is 8.17. The molecule has 0 spiro atoms. The van der Waals surface area contributed by atoms with Gasteiger partial charge in [0, 0.05) is 0 Å². The van der Waals surface area contributed by atoms with Crippen LogP contribution in [-0.2, 0) is 6.42 Å². The number of pyridine rings is 1. The third kappa shape index (κ3) is 3.32. The summed E-state index contributed by atoms with van der Waals surface area (Å²) in [6, 6.07) is 7.51. The number of carbonyl (C=O) groups excluding carboxylic acids is 1. The number of aliphatic imine (C=N–C) groups is 1. The van der Waals surface area contributed by atoms with Crippen LogP contribution in [0.25, 0.3) is 0 Å². The summed E-state index contributed by atoms with van der Waals surface area (Å²) in [4.78, 5) is 21.0. The molecule has 3 N–H and O–H groups in total. The van der Waals surface area contributed by atoms with Crippen molar-refractivity contribution >= 4 is 34.6 Å². The van der Waals surface area contributed by atoms with Gasteiger partial charge in [-0.25, -0.2) is 4.98 Å². The Morgan fingerprint density at radius 1 is 1.36 bits per heavy atom. The normalized spacial score (nSPS) is 18.5. The van der Waals surface area contributed by atoms with Gasteiger partial charge in [0.05, 0.1) is 41.5 Å². The van der Waals surface area contributed by atoms with Crippen LogP contribution in [0.1, 0.15) is 33.3 Å². The fraction of sp³-hybridized carbons (Fsp3) is 0.278. The number of nitrogen functional groups attached to an aromatic ring is 1. The van der Waals surface area contributed by atoms with E-state index in [1.54, 1.807) is 24.0 Å². The number of nitrogens with one attached hydrogen (secondary N) is 1. The Morgan fingerprint density at radius 2 is 2.28 bits per heavy atom. The van der Waals surface area contributed by atoms with E-state index >= 15 is 0 Å². The minimum atomic E-state index is -0.271. The Balaban J connectivity index is 1.55. The van der Waals surface area contributed by atoms with Crippen molar-refractivity contribution in [3.05, 3.63) is 47.3 Å². The lowest BCUT2D eigenvalue weighted by molar-refractivity contribution is 0.102. The monoisotopic (exact) mass is 354 g/mol. The van der Waals surface area contributed by atoms with Crippen molar-refractivity contribution in [1.82, 2.24) is 4.98 Å². The number of aromatic nitrogens is 1. The molecule has 1 aromatic carbocycles. The molecule has 0 bridgehead atoms. The van der Waals surface area contributed by atoms with Crippen LogP contribution in [0.4, 0.5) is 11.4 Å². The van der Waals surface area contributed by atoms with Gasteiger partial charge in [-0.2, -0.15) is 0 Å². The first kappa shape index (κ1) is 16.0. The summed E-state index contributed by atoms with van der Waals surface area (Å²) in [5.41, 5.74) is 11.5. The second-order valence-corrected chi connectivity index (χ2v) is 7.08. The van der Waals surface area contributed by atoms with E-state index in [0.29, 0.717) is 23.7 Å². The number of thioether (sulfide) groups is 1. The maximum absolute atomic E-state index is 12.6. The fourth-order valence-electron chi connectivity index (χ4n) is 2.93. The van der Waals surface area contributed by atoms with Gasteiger partial charge in [-0.15, -0.1) is 11.8 Å². The number of ether oxygens (including phenoxy) is 1. The summed E-state index contributed by atoms with van der Waals surface area (Å²) < 4.78 is 5.54. The van der Waals surface area contributed by atoms with Crippen molar-refractivity contribution in [3.63, 3.8) is 0 Å². The molecule has 0 aliphatic carbocycles. The van der Waals surface area contributed by atoms with Crippen LogP contribution in [-0.4, -0.2) is 29.6 Å². The van der Waals surface area contributed by atoms with E-state index in [0.717, 1.165) is 36.3 Å². The standard InChI is InChI=1S/C18H18N4O2S/c19-13-4-3-12(17-9-20-10-25-17)7-14(13)22-18(23)15-6-11-2-1-5-24-16(11)8-21-15/h3-4,6-8,10,17H,1-2,5,9,19H2,(H,22,23). The molecule has 4 rings (SSSR count). The van der Waals surface area contributed by atoms with Crippen molar-refractivity contribution in [2.45, 2.75) is 18.1 Å². The lowest BCUT2D eigenvalue weighted by Gasteiger charge is -2.17. The number of nitrogens with two attached hydrogens (primary N) is 1. The van der Waals surface area contributed by atoms with E-state index in [9.17, 15) is 4.79 Å². The van der Waals surface area contributed by atoms with Crippen molar-refractivity contribution in [1.29, 1.82) is 0 Å². The number of fused-ring (bicyclic) bond motifs is 1. The van der Waals surface area contributed by atoms with Crippen LogP contribution in [0.15, 0.2) is 35.5 Å². The molecule has 128 valence electrons. The highest BCUT2D eigenvalue weighted by atomic mass is 32.2. The molecule has 2 aliphatic rings. The maximum Gasteiger partial charge on any atom is 0.274 e. The molecule has 0 fully saturated rings. The molecule has 1 unspecified atom stereocenters. The number of carbonyl (C=O) groups is 1. The predicted molar refractivity (Wildman–Crippen MR) is 101 cm³/mol. The van der Waals surface area contributed by atoms with Gasteiger partial charge < -0.3 is 15.8 Å². The number of amides is 1. The fourth-order valence-corrected chi connectivity index (χ4v) is 3.72. The zero-order valence-corrected chi connectivity index (χ0v) is 14.4. The van der Waals surface area contributed by atoms with Gasteiger partial charge in [0.2, 0.25) is 0 Å². The molecule has 1 atom stereocenters. The average molecular weight is 354 g/mol. The van der Waals surface area contributed by atoms with Gasteiger partial charge in [0.1, 0.15) is 11.4 Å². The molecule has 2 aromatic rings. The summed E-state index contributed by atoms with van der Waals surface area (Å²) in [6.07, 6.45) is 3.47. The Bertz CT molecular complexity index is 845. The third-order valence-corrected chi connectivity index (χ3v) is 5.32. The van der Waals surface area contributed by atoms with E-state index in [2.05, 4.69) is 15.3 Å². The van der Waals surface area contributed by atoms with Crippen molar-refractivity contribution in [2.75, 3.05) is 24.2 Å². The Labute approximate surface area is 149 Å². The van der Waals surface area contributed by atoms with Crippen LogP contribution in [0.2, 0.25) is 0 Å². The first-order valence-corrected chi connectivity index (χ1v) is 9.11. The summed E-state index contributed by atoms with van der Waals surface area (Å²) in [5.74, 6) is 0.495. The zero-order valence-electron chi connectivity index (χ0n) is 13.6. The van der Waals surface area contributed by atoms with Gasteiger partial charge in [-0.3, -0.25) is 9.79 Å². The number of anilines is 2. The second-order valence-electron chi connectivity index (χ2n) is 6.03. The van der Waals surface area contributed by atoms with E-state index in [1.807, 2.05) is 23.7 Å². The van der Waals surface area contributed by atoms with Crippen LogP contribution in [0, 0.1) is 0 Å². The number of benzene rings is 1. The van der Waals surface area contributed by atoms with E-state index in [1.165, 1.54) is 0 Å². The number of hydrogen-bond acceptors (Lipinski definition) is 6. The van der Waals surface area contributed by atoms with Gasteiger partial charge >= 0.3 is 0 Å². The van der Waals surface area contributed by atoms with E-state index < -0.39 is 0 Å². The highest BCUT2D eigenvalue weighted by molar-refractivity contribution is 8.12. The van der Waals surface area contributed by atoms with Gasteiger partial charge in [-0.05, 0) is 42.2 Å². The Hall–Kier alpha value is -2.54. The topological polar surface area (TPSA) is 89.6 Å². The van der Waals surface area contributed by atoms with Crippen molar-refractivity contribution < 1.29 is 9.53 Å². The second kappa shape index (κ2) is 6.76. The highest BCUT2D eigenvalue weighted by Crippen LogP contribution is 2.34. The maximum atomic E-state index is 12.6. The zero-order chi connectivity index (χ0) is 17.2. The van der Waals surface area contributed by atoms with E-state index in [-0.39, 0.29) is 11.2 Å². The predicted octanol–water partition coefficient (Wildman–Crippen LogP) is 3.06. The van der Waals surface area contributed by atoms with Gasteiger partial charge in [0.25, 0.3) is 5.91 Å². The highest BCUT2D eigenvalue weighted by Gasteiger charge is 2.18. The summed E-state index contributed by atoms with van der Waals surface area (Å²) in [7, 11) is 0. The molecule has 7 heteroatoms. The molecule has 0 saturated carbocycles. The Kier molecular flexibility index (Phi) is 4.31. The molecule has 3 heterocycles. The average Bonchev–Trinajstić information content (AvgIpc) is 3.18. The van der Waals surface area contributed by atoms with Crippen LogP contribution < -0.4 is 15.8 Å². The number of rotatable bonds is 3. The minimum Gasteiger partial charge on any atom is -0.492 e. The van der Waals surface area contributed by atoms with Crippen molar-refractivity contribution in [3.8, 4) is 5.75 Å².